The molecule has 29 heavy (non-hydrogen) atoms. The van der Waals surface area contributed by atoms with Gasteiger partial charge in [0.1, 0.15) is 12.2 Å². The average Bonchev–Trinajstić information content (AvgIpc) is 2.59. The number of ether oxygens (including phenoxy) is 2. The Labute approximate surface area is 176 Å². The van der Waals surface area contributed by atoms with Crippen LogP contribution in [0.5, 0.6) is 0 Å². The van der Waals surface area contributed by atoms with E-state index in [2.05, 4.69) is 34.6 Å². The summed E-state index contributed by atoms with van der Waals surface area (Å²) in [6, 6.07) is 0. The zero-order chi connectivity index (χ0) is 22.0. The van der Waals surface area contributed by atoms with E-state index in [-0.39, 0.29) is 47.5 Å². The number of hydrogen-bond acceptors (Lipinski definition) is 5. The largest absolute Gasteiger partial charge is 0.462 e. The molecule has 5 heteroatoms. The lowest BCUT2D eigenvalue weighted by Gasteiger charge is -2.58. The molecule has 0 aromatic heterocycles. The molecule has 0 spiro atoms. The van der Waals surface area contributed by atoms with E-state index in [1.807, 2.05) is 0 Å². The first-order valence-corrected chi connectivity index (χ1v) is 11.1. The number of hydrogen-bond donors (Lipinski definition) is 1. The zero-order valence-corrected chi connectivity index (χ0v) is 19.3. The van der Waals surface area contributed by atoms with Crippen LogP contribution in [-0.4, -0.2) is 35.9 Å². The van der Waals surface area contributed by atoms with Crippen molar-refractivity contribution >= 4 is 11.9 Å². The van der Waals surface area contributed by atoms with Crippen LogP contribution in [0, 0.1) is 22.7 Å². The Balaban J connectivity index is 2.41. The molecule has 166 valence electrons. The van der Waals surface area contributed by atoms with Crippen molar-refractivity contribution in [3.8, 4) is 0 Å². The van der Waals surface area contributed by atoms with Crippen LogP contribution in [0.15, 0.2) is 11.1 Å². The summed E-state index contributed by atoms with van der Waals surface area (Å²) in [5, 5.41) is 9.26. The Morgan fingerprint density at radius 2 is 1.76 bits per heavy atom. The molecule has 0 unspecified atom stereocenters. The maximum atomic E-state index is 11.8. The van der Waals surface area contributed by atoms with Crippen molar-refractivity contribution in [3.05, 3.63) is 11.1 Å². The van der Waals surface area contributed by atoms with Gasteiger partial charge in [0.2, 0.25) is 0 Å². The van der Waals surface area contributed by atoms with Gasteiger partial charge in [-0.05, 0) is 68.3 Å². The summed E-state index contributed by atoms with van der Waals surface area (Å²) in [4.78, 5) is 23.5. The van der Waals surface area contributed by atoms with Crippen molar-refractivity contribution in [2.75, 3.05) is 6.61 Å². The molecule has 1 saturated carbocycles. The lowest BCUT2D eigenvalue weighted by molar-refractivity contribution is -0.170. The Kier molecular flexibility index (Phi) is 7.58. The Bertz CT molecular complexity index is 650. The number of fused-ring (bicyclic) bond motifs is 1. The van der Waals surface area contributed by atoms with E-state index in [1.54, 1.807) is 0 Å². The molecule has 2 aliphatic carbocycles. The van der Waals surface area contributed by atoms with Crippen molar-refractivity contribution in [2.24, 2.45) is 22.7 Å². The summed E-state index contributed by atoms with van der Waals surface area (Å²) in [5.41, 5.74) is 2.38. The van der Waals surface area contributed by atoms with E-state index in [0.29, 0.717) is 5.92 Å². The third kappa shape index (κ3) is 5.04. The molecule has 0 amide bonds. The minimum absolute atomic E-state index is 0.000182. The van der Waals surface area contributed by atoms with Crippen LogP contribution in [-0.2, 0) is 19.1 Å². The lowest BCUT2D eigenvalue weighted by Crippen LogP contribution is -2.55. The van der Waals surface area contributed by atoms with Crippen LogP contribution < -0.4 is 0 Å². The molecule has 5 atom stereocenters. The van der Waals surface area contributed by atoms with E-state index in [9.17, 15) is 14.7 Å². The molecule has 1 N–H and O–H groups in total. The highest BCUT2D eigenvalue weighted by Crippen LogP contribution is 2.61. The highest BCUT2D eigenvalue weighted by atomic mass is 16.5. The fraction of sp³-hybridized carbons (Fsp3) is 0.833. The molecule has 0 saturated heterocycles. The van der Waals surface area contributed by atoms with Crippen molar-refractivity contribution in [3.63, 3.8) is 0 Å². The fourth-order valence-corrected chi connectivity index (χ4v) is 5.97. The van der Waals surface area contributed by atoms with Gasteiger partial charge in [-0.3, -0.25) is 9.59 Å². The van der Waals surface area contributed by atoms with Gasteiger partial charge in [-0.15, -0.1) is 0 Å². The lowest BCUT2D eigenvalue weighted by atomic mass is 9.48. The molecule has 0 aliphatic heterocycles. The summed E-state index contributed by atoms with van der Waals surface area (Å²) < 4.78 is 11.5. The van der Waals surface area contributed by atoms with E-state index < -0.39 is 0 Å². The molecule has 2 aliphatic rings. The summed E-state index contributed by atoms with van der Waals surface area (Å²) in [6.07, 6.45) is 5.01. The first kappa shape index (κ1) is 23.9. The third-order valence-electron chi connectivity index (χ3n) is 7.65. The van der Waals surface area contributed by atoms with Gasteiger partial charge < -0.3 is 14.6 Å². The SMILES string of the molecule is CC(=O)O[C@H]1C[C@H]2C(C)(C)[C@@H](OC(C)=O)CC[C@]2(C)C(CC[C@H](C)CCO)=C1C. The number of carbonyl (C=O) groups is 2. The molecule has 0 aromatic rings. The van der Waals surface area contributed by atoms with Gasteiger partial charge in [0, 0.05) is 25.9 Å². The summed E-state index contributed by atoms with van der Waals surface area (Å²) >= 11 is 0. The van der Waals surface area contributed by atoms with E-state index in [4.69, 9.17) is 9.47 Å². The van der Waals surface area contributed by atoms with Crippen molar-refractivity contribution in [1.29, 1.82) is 0 Å². The van der Waals surface area contributed by atoms with E-state index in [1.165, 1.54) is 25.0 Å². The first-order valence-electron chi connectivity index (χ1n) is 11.1. The van der Waals surface area contributed by atoms with Crippen molar-refractivity contribution in [2.45, 2.75) is 99.2 Å². The normalized spacial score (nSPS) is 32.3. The summed E-state index contributed by atoms with van der Waals surface area (Å²) in [5.74, 6) is 0.214. The van der Waals surface area contributed by atoms with Gasteiger partial charge in [0.05, 0.1) is 0 Å². The molecule has 0 heterocycles. The highest BCUT2D eigenvalue weighted by molar-refractivity contribution is 5.67. The third-order valence-corrected chi connectivity index (χ3v) is 7.65. The predicted molar refractivity (Wildman–Crippen MR) is 113 cm³/mol. The second kappa shape index (κ2) is 9.20. The molecule has 0 aromatic carbocycles. The minimum Gasteiger partial charge on any atom is -0.462 e. The zero-order valence-electron chi connectivity index (χ0n) is 19.3. The number of aliphatic hydroxyl groups is 1. The Morgan fingerprint density at radius 1 is 1.14 bits per heavy atom. The molecule has 0 radical (unpaired) electrons. The number of carbonyl (C=O) groups excluding carboxylic acids is 2. The number of allylic oxidation sites excluding steroid dienone is 1. The maximum absolute atomic E-state index is 11.8. The molecular formula is C24H40O5. The second-order valence-corrected chi connectivity index (χ2v) is 10.1. The van der Waals surface area contributed by atoms with E-state index >= 15 is 0 Å². The molecule has 2 rings (SSSR count). The molecule has 1 fully saturated rings. The van der Waals surface area contributed by atoms with Gasteiger partial charge >= 0.3 is 11.9 Å². The average molecular weight is 409 g/mol. The molecular weight excluding hydrogens is 368 g/mol. The van der Waals surface area contributed by atoms with E-state index in [0.717, 1.165) is 38.5 Å². The fourth-order valence-electron chi connectivity index (χ4n) is 5.97. The van der Waals surface area contributed by atoms with Gasteiger partial charge in [0.15, 0.2) is 0 Å². The van der Waals surface area contributed by atoms with Gasteiger partial charge in [-0.1, -0.05) is 33.3 Å². The standard InChI is InChI=1S/C24H40O5/c1-15(11-13-25)8-9-19-16(2)20(28-17(3)26)14-21-23(5,6)22(29-18(4)27)10-12-24(19,21)7/h15,20-22,25H,8-14H2,1-7H3/t15-,20-,21-,22-,24+/m0/s1. The minimum atomic E-state index is -0.254. The number of aliphatic hydroxyl groups excluding tert-OH is 1. The quantitative estimate of drug-likeness (QED) is 0.483. The number of rotatable bonds is 7. The van der Waals surface area contributed by atoms with Crippen LogP contribution in [0.4, 0.5) is 0 Å². The Morgan fingerprint density at radius 3 is 2.31 bits per heavy atom. The van der Waals surface area contributed by atoms with Crippen LogP contribution in [0.3, 0.4) is 0 Å². The van der Waals surface area contributed by atoms with Crippen molar-refractivity contribution < 1.29 is 24.2 Å². The van der Waals surface area contributed by atoms with Crippen molar-refractivity contribution in [1.82, 2.24) is 0 Å². The first-order chi connectivity index (χ1) is 13.4. The highest BCUT2D eigenvalue weighted by Gasteiger charge is 2.57. The predicted octanol–water partition coefficient (Wildman–Crippen LogP) is 4.81. The Hall–Kier alpha value is -1.36. The monoisotopic (exact) mass is 408 g/mol. The maximum Gasteiger partial charge on any atom is 0.303 e. The second-order valence-electron chi connectivity index (χ2n) is 10.1. The van der Waals surface area contributed by atoms with Crippen LogP contribution in [0.25, 0.3) is 0 Å². The molecule has 0 bridgehead atoms. The van der Waals surface area contributed by atoms with Crippen LogP contribution in [0.2, 0.25) is 0 Å². The van der Waals surface area contributed by atoms with Crippen LogP contribution >= 0.6 is 0 Å². The topological polar surface area (TPSA) is 72.8 Å². The molecule has 5 nitrogen and oxygen atoms in total. The van der Waals surface area contributed by atoms with Gasteiger partial charge in [-0.2, -0.15) is 0 Å². The van der Waals surface area contributed by atoms with Gasteiger partial charge in [-0.25, -0.2) is 0 Å². The summed E-state index contributed by atoms with van der Waals surface area (Å²) in [7, 11) is 0. The number of esters is 2. The summed E-state index contributed by atoms with van der Waals surface area (Å²) in [6.45, 7) is 14.2. The smallest absolute Gasteiger partial charge is 0.303 e. The van der Waals surface area contributed by atoms with Gasteiger partial charge in [0.25, 0.3) is 0 Å². The van der Waals surface area contributed by atoms with Crippen LogP contribution in [0.1, 0.15) is 87.0 Å².